The molecule has 0 radical (unpaired) electrons. The highest BCUT2D eigenvalue weighted by Crippen LogP contribution is 2.22. The van der Waals surface area contributed by atoms with Crippen molar-refractivity contribution in [3.05, 3.63) is 35.1 Å². The maximum Gasteiger partial charge on any atom is 0.123 e. The first-order valence-electron chi connectivity index (χ1n) is 5.71. The van der Waals surface area contributed by atoms with Crippen LogP contribution in [-0.2, 0) is 13.0 Å². The minimum Gasteiger partial charge on any atom is -0.310 e. The van der Waals surface area contributed by atoms with Gasteiger partial charge in [-0.3, -0.25) is 0 Å². The van der Waals surface area contributed by atoms with Gasteiger partial charge in [0.05, 0.1) is 0 Å². The number of benzene rings is 1. The Morgan fingerprint density at radius 2 is 2.20 bits per heavy atom. The van der Waals surface area contributed by atoms with Crippen LogP contribution in [0.2, 0.25) is 0 Å². The Bertz CT molecular complexity index is 348. The van der Waals surface area contributed by atoms with Gasteiger partial charge in [0.15, 0.2) is 0 Å². The van der Waals surface area contributed by atoms with Crippen LogP contribution in [0.3, 0.4) is 0 Å². The highest BCUT2D eigenvalue weighted by atomic mass is 19.1. The van der Waals surface area contributed by atoms with Crippen LogP contribution in [0.5, 0.6) is 0 Å². The largest absolute Gasteiger partial charge is 0.310 e. The van der Waals surface area contributed by atoms with E-state index >= 15 is 0 Å². The predicted molar refractivity (Wildman–Crippen MR) is 60.2 cm³/mol. The normalized spacial score (nSPS) is 25.8. The van der Waals surface area contributed by atoms with E-state index in [1.165, 1.54) is 5.56 Å². The number of fused-ring (bicyclic) bond motifs is 1. The van der Waals surface area contributed by atoms with Gasteiger partial charge in [-0.2, -0.15) is 0 Å². The van der Waals surface area contributed by atoms with Crippen LogP contribution >= 0.6 is 0 Å². The van der Waals surface area contributed by atoms with Gasteiger partial charge in [0.25, 0.3) is 0 Å². The second kappa shape index (κ2) is 4.31. The topological polar surface area (TPSA) is 12.0 Å². The van der Waals surface area contributed by atoms with Crippen molar-refractivity contribution in [2.75, 3.05) is 0 Å². The molecule has 0 saturated heterocycles. The molecular formula is C13H18FN. The molecule has 0 fully saturated rings. The molecule has 0 saturated carbocycles. The summed E-state index contributed by atoms with van der Waals surface area (Å²) in [6.07, 6.45) is 2.19. The minimum absolute atomic E-state index is 0.127. The Hall–Kier alpha value is -0.890. The Morgan fingerprint density at radius 3 is 2.93 bits per heavy atom. The number of hydrogen-bond donors (Lipinski definition) is 1. The molecule has 1 heterocycles. The molecule has 0 bridgehead atoms. The van der Waals surface area contributed by atoms with Crippen molar-refractivity contribution in [3.63, 3.8) is 0 Å². The van der Waals surface area contributed by atoms with Gasteiger partial charge in [0.1, 0.15) is 5.82 Å². The summed E-state index contributed by atoms with van der Waals surface area (Å²) in [7, 11) is 0. The summed E-state index contributed by atoms with van der Waals surface area (Å²) in [6, 6.07) is 5.71. The van der Waals surface area contributed by atoms with Crippen LogP contribution < -0.4 is 5.32 Å². The van der Waals surface area contributed by atoms with E-state index in [2.05, 4.69) is 19.2 Å². The quantitative estimate of drug-likeness (QED) is 0.746. The smallest absolute Gasteiger partial charge is 0.123 e. The van der Waals surface area contributed by atoms with Crippen LogP contribution in [0.4, 0.5) is 4.39 Å². The predicted octanol–water partition coefficient (Wildman–Crippen LogP) is 2.89. The number of rotatable bonds is 1. The maximum absolute atomic E-state index is 13.1. The third kappa shape index (κ3) is 2.20. The van der Waals surface area contributed by atoms with Gasteiger partial charge in [0, 0.05) is 12.6 Å². The van der Waals surface area contributed by atoms with Crippen molar-refractivity contribution in [1.29, 1.82) is 0 Å². The summed E-state index contributed by atoms with van der Waals surface area (Å²) in [5.74, 6) is 0.500. The molecule has 1 aromatic carbocycles. The second-order valence-corrected chi connectivity index (χ2v) is 4.49. The Morgan fingerprint density at radius 1 is 1.40 bits per heavy atom. The van der Waals surface area contributed by atoms with Crippen molar-refractivity contribution >= 4 is 0 Å². The lowest BCUT2D eigenvalue weighted by Gasteiger charge is -2.20. The summed E-state index contributed by atoms with van der Waals surface area (Å²) >= 11 is 0. The fraction of sp³-hybridized carbons (Fsp3) is 0.538. The molecule has 0 amide bonds. The highest BCUT2D eigenvalue weighted by Gasteiger charge is 2.20. The molecule has 1 aromatic rings. The number of hydrogen-bond acceptors (Lipinski definition) is 1. The number of halogens is 1. The summed E-state index contributed by atoms with van der Waals surface area (Å²) in [5.41, 5.74) is 2.42. The Labute approximate surface area is 90.7 Å². The molecule has 1 aliphatic rings. The average molecular weight is 207 g/mol. The van der Waals surface area contributed by atoms with E-state index in [1.54, 1.807) is 12.1 Å². The monoisotopic (exact) mass is 207 g/mol. The molecule has 15 heavy (non-hydrogen) atoms. The van der Waals surface area contributed by atoms with Crippen LogP contribution in [0.1, 0.15) is 31.4 Å². The first-order chi connectivity index (χ1) is 7.20. The molecule has 2 atom stereocenters. The fourth-order valence-corrected chi connectivity index (χ4v) is 2.44. The van der Waals surface area contributed by atoms with Gasteiger partial charge in [-0.1, -0.05) is 19.9 Å². The first-order valence-corrected chi connectivity index (χ1v) is 5.71. The summed E-state index contributed by atoms with van der Waals surface area (Å²) in [4.78, 5) is 0. The molecule has 2 unspecified atom stereocenters. The van der Waals surface area contributed by atoms with E-state index < -0.39 is 0 Å². The molecule has 0 aromatic heterocycles. The molecule has 1 nitrogen and oxygen atoms in total. The van der Waals surface area contributed by atoms with E-state index in [-0.39, 0.29) is 5.82 Å². The summed E-state index contributed by atoms with van der Waals surface area (Å²) < 4.78 is 13.1. The van der Waals surface area contributed by atoms with E-state index in [4.69, 9.17) is 0 Å². The zero-order valence-corrected chi connectivity index (χ0v) is 9.39. The Kier molecular flexibility index (Phi) is 3.06. The van der Waals surface area contributed by atoms with E-state index in [0.717, 1.165) is 24.9 Å². The molecule has 0 aliphatic carbocycles. The average Bonchev–Trinajstić information content (AvgIpc) is 2.36. The third-order valence-corrected chi connectivity index (χ3v) is 3.39. The summed E-state index contributed by atoms with van der Waals surface area (Å²) in [5, 5.41) is 3.50. The van der Waals surface area contributed by atoms with Gasteiger partial charge in [-0.15, -0.1) is 0 Å². The van der Waals surface area contributed by atoms with Crippen LogP contribution in [0, 0.1) is 11.7 Å². The maximum atomic E-state index is 13.1. The lowest BCUT2D eigenvalue weighted by Crippen LogP contribution is -2.32. The van der Waals surface area contributed by atoms with Crippen molar-refractivity contribution in [1.82, 2.24) is 5.32 Å². The zero-order valence-electron chi connectivity index (χ0n) is 9.39. The fourth-order valence-electron chi connectivity index (χ4n) is 2.44. The van der Waals surface area contributed by atoms with Crippen molar-refractivity contribution < 1.29 is 4.39 Å². The SMILES string of the molecule is CCC1NCc2cc(F)ccc2CC1C. The lowest BCUT2D eigenvalue weighted by molar-refractivity contribution is 0.376. The second-order valence-electron chi connectivity index (χ2n) is 4.49. The van der Waals surface area contributed by atoms with Gasteiger partial charge in [-0.05, 0) is 42.0 Å². The van der Waals surface area contributed by atoms with Crippen LogP contribution in [0.15, 0.2) is 18.2 Å². The van der Waals surface area contributed by atoms with Gasteiger partial charge < -0.3 is 5.32 Å². The first kappa shape index (κ1) is 10.6. The van der Waals surface area contributed by atoms with Crippen LogP contribution in [-0.4, -0.2) is 6.04 Å². The molecule has 1 aliphatic heterocycles. The third-order valence-electron chi connectivity index (χ3n) is 3.39. The molecular weight excluding hydrogens is 189 g/mol. The van der Waals surface area contributed by atoms with Crippen molar-refractivity contribution in [2.24, 2.45) is 5.92 Å². The van der Waals surface area contributed by atoms with Crippen molar-refractivity contribution in [3.8, 4) is 0 Å². The standard InChI is InChI=1S/C13H18FN/c1-3-13-9(2)6-10-4-5-12(14)7-11(10)8-15-13/h4-5,7,9,13,15H,3,6,8H2,1-2H3. The molecule has 2 heteroatoms. The number of nitrogens with one attached hydrogen (secondary N) is 1. The van der Waals surface area contributed by atoms with Gasteiger partial charge >= 0.3 is 0 Å². The lowest BCUT2D eigenvalue weighted by atomic mass is 9.93. The van der Waals surface area contributed by atoms with E-state index in [1.807, 2.05) is 6.07 Å². The van der Waals surface area contributed by atoms with Gasteiger partial charge in [-0.25, -0.2) is 4.39 Å². The molecule has 82 valence electrons. The van der Waals surface area contributed by atoms with Crippen LogP contribution in [0.25, 0.3) is 0 Å². The minimum atomic E-state index is -0.127. The van der Waals surface area contributed by atoms with E-state index in [9.17, 15) is 4.39 Å². The van der Waals surface area contributed by atoms with Gasteiger partial charge in [0.2, 0.25) is 0 Å². The molecule has 1 N–H and O–H groups in total. The zero-order chi connectivity index (χ0) is 10.8. The van der Waals surface area contributed by atoms with Crippen molar-refractivity contribution in [2.45, 2.75) is 39.3 Å². The summed E-state index contributed by atoms with van der Waals surface area (Å²) in [6.45, 7) is 5.26. The van der Waals surface area contributed by atoms with E-state index in [0.29, 0.717) is 12.0 Å². The Balaban J connectivity index is 2.27. The molecule has 0 spiro atoms. The molecule has 2 rings (SSSR count). The highest BCUT2D eigenvalue weighted by molar-refractivity contribution is 5.29.